The van der Waals surface area contributed by atoms with E-state index < -0.39 is 27.0 Å². The quantitative estimate of drug-likeness (QED) is 0.516. The Hall–Kier alpha value is -3.46. The number of hydrogen-bond acceptors (Lipinski definition) is 5. The molecular weight excluding hydrogens is 416 g/mol. The smallest absolute Gasteiger partial charge is 0.307 e. The van der Waals surface area contributed by atoms with E-state index in [9.17, 15) is 18.0 Å². The highest BCUT2D eigenvalue weighted by atomic mass is 32.2. The minimum absolute atomic E-state index is 0.0977. The lowest BCUT2D eigenvalue weighted by molar-refractivity contribution is 0.584. The van der Waals surface area contributed by atoms with Crippen molar-refractivity contribution in [3.63, 3.8) is 0 Å². The van der Waals surface area contributed by atoms with Crippen molar-refractivity contribution < 1.29 is 8.42 Å². The van der Waals surface area contributed by atoms with Gasteiger partial charge in [0.1, 0.15) is 5.88 Å². The SMILES string of the molecule is CC(C)c1cc2[nH]c(=O)n(CS(C)(=O)=O)c(=O)c2cc1-c1ccnn1-c1ccccc1. The Bertz CT molecular complexity index is 1500. The minimum atomic E-state index is -3.58. The van der Waals surface area contributed by atoms with Crippen molar-refractivity contribution in [1.82, 2.24) is 19.3 Å². The summed E-state index contributed by atoms with van der Waals surface area (Å²) in [4.78, 5) is 28.1. The zero-order valence-electron chi connectivity index (χ0n) is 17.4. The number of para-hydroxylation sites is 1. The van der Waals surface area contributed by atoms with E-state index in [4.69, 9.17) is 0 Å². The van der Waals surface area contributed by atoms with Crippen LogP contribution in [0.2, 0.25) is 0 Å². The molecule has 4 rings (SSSR count). The van der Waals surface area contributed by atoms with Crippen LogP contribution in [0.15, 0.2) is 64.3 Å². The molecule has 0 saturated carbocycles. The molecule has 2 heterocycles. The van der Waals surface area contributed by atoms with E-state index in [-0.39, 0.29) is 11.3 Å². The molecule has 0 fully saturated rings. The molecular formula is C22H22N4O4S. The van der Waals surface area contributed by atoms with Crippen molar-refractivity contribution >= 4 is 20.7 Å². The molecule has 0 bridgehead atoms. The first-order valence-electron chi connectivity index (χ1n) is 9.74. The van der Waals surface area contributed by atoms with Crippen molar-refractivity contribution in [2.45, 2.75) is 25.6 Å². The summed E-state index contributed by atoms with van der Waals surface area (Å²) in [6.45, 7) is 4.05. The van der Waals surface area contributed by atoms with Gasteiger partial charge in [0.2, 0.25) is 0 Å². The average Bonchev–Trinajstić information content (AvgIpc) is 3.20. The van der Waals surface area contributed by atoms with Crippen LogP contribution < -0.4 is 11.2 Å². The predicted molar refractivity (Wildman–Crippen MR) is 120 cm³/mol. The van der Waals surface area contributed by atoms with Crippen LogP contribution in [-0.4, -0.2) is 34.0 Å². The summed E-state index contributed by atoms with van der Waals surface area (Å²) < 4.78 is 25.9. The van der Waals surface area contributed by atoms with Gasteiger partial charge < -0.3 is 4.98 Å². The first-order valence-corrected chi connectivity index (χ1v) is 11.8. The van der Waals surface area contributed by atoms with E-state index in [1.54, 1.807) is 23.0 Å². The molecule has 4 aromatic rings. The van der Waals surface area contributed by atoms with E-state index in [0.29, 0.717) is 10.1 Å². The van der Waals surface area contributed by atoms with Gasteiger partial charge in [-0.05, 0) is 41.8 Å². The maximum absolute atomic E-state index is 13.0. The van der Waals surface area contributed by atoms with Gasteiger partial charge in [-0.3, -0.25) is 4.79 Å². The molecule has 0 unspecified atom stereocenters. The molecule has 0 atom stereocenters. The number of hydrogen-bond donors (Lipinski definition) is 1. The number of fused-ring (bicyclic) bond motifs is 1. The third-order valence-electron chi connectivity index (χ3n) is 5.06. The molecule has 31 heavy (non-hydrogen) atoms. The summed E-state index contributed by atoms with van der Waals surface area (Å²) in [5, 5.41) is 4.68. The Kier molecular flexibility index (Phi) is 5.14. The summed E-state index contributed by atoms with van der Waals surface area (Å²) in [5.74, 6) is -0.583. The predicted octanol–water partition coefficient (Wildman–Crippen LogP) is 2.67. The van der Waals surface area contributed by atoms with Crippen LogP contribution in [0.25, 0.3) is 27.8 Å². The molecule has 1 N–H and O–H groups in total. The first-order chi connectivity index (χ1) is 14.7. The topological polar surface area (TPSA) is 107 Å². The van der Waals surface area contributed by atoms with E-state index in [1.165, 1.54) is 0 Å². The van der Waals surface area contributed by atoms with Crippen molar-refractivity contribution in [3.05, 3.63) is 81.1 Å². The largest absolute Gasteiger partial charge is 0.329 e. The van der Waals surface area contributed by atoms with E-state index in [0.717, 1.165) is 28.8 Å². The maximum atomic E-state index is 13.0. The fourth-order valence-electron chi connectivity index (χ4n) is 3.65. The number of benzene rings is 2. The third kappa shape index (κ3) is 3.96. The lowest BCUT2D eigenvalue weighted by atomic mass is 9.93. The van der Waals surface area contributed by atoms with Gasteiger partial charge in [-0.25, -0.2) is 22.5 Å². The second-order valence-corrected chi connectivity index (χ2v) is 9.93. The molecule has 0 saturated heterocycles. The molecule has 0 amide bonds. The second kappa shape index (κ2) is 7.66. The minimum Gasteiger partial charge on any atom is -0.307 e. The molecule has 0 radical (unpaired) electrons. The number of nitrogens with zero attached hydrogens (tertiary/aromatic N) is 3. The van der Waals surface area contributed by atoms with Gasteiger partial charge in [0, 0.05) is 11.8 Å². The molecule has 160 valence electrons. The van der Waals surface area contributed by atoms with Gasteiger partial charge >= 0.3 is 5.69 Å². The summed E-state index contributed by atoms with van der Waals surface area (Å²) in [7, 11) is -3.58. The highest BCUT2D eigenvalue weighted by molar-refractivity contribution is 7.89. The van der Waals surface area contributed by atoms with Gasteiger partial charge in [0.25, 0.3) is 5.56 Å². The van der Waals surface area contributed by atoms with Gasteiger partial charge in [0.05, 0.1) is 28.5 Å². The van der Waals surface area contributed by atoms with E-state index in [2.05, 4.69) is 10.1 Å². The fraction of sp³-hybridized carbons (Fsp3) is 0.227. The molecule has 0 spiro atoms. The first kappa shape index (κ1) is 20.8. The zero-order chi connectivity index (χ0) is 22.3. The molecule has 0 aliphatic heterocycles. The Morgan fingerprint density at radius 3 is 2.42 bits per heavy atom. The van der Waals surface area contributed by atoms with Crippen molar-refractivity contribution in [3.8, 4) is 16.9 Å². The molecule has 2 aromatic carbocycles. The van der Waals surface area contributed by atoms with Crippen LogP contribution >= 0.6 is 0 Å². The van der Waals surface area contributed by atoms with Gasteiger partial charge in [-0.15, -0.1) is 0 Å². The fourth-order valence-corrected chi connectivity index (χ4v) is 4.35. The normalized spacial score (nSPS) is 12.0. The van der Waals surface area contributed by atoms with E-state index in [1.807, 2.05) is 50.2 Å². The molecule has 2 aromatic heterocycles. The summed E-state index contributed by atoms with van der Waals surface area (Å²) in [6, 6.07) is 15.0. The monoisotopic (exact) mass is 438 g/mol. The van der Waals surface area contributed by atoms with Gasteiger partial charge in [-0.2, -0.15) is 5.10 Å². The number of rotatable bonds is 5. The van der Waals surface area contributed by atoms with Crippen LogP contribution in [0.5, 0.6) is 0 Å². The van der Waals surface area contributed by atoms with Crippen molar-refractivity contribution in [2.24, 2.45) is 0 Å². The Labute approximate surface area is 178 Å². The van der Waals surface area contributed by atoms with Crippen molar-refractivity contribution in [1.29, 1.82) is 0 Å². The Balaban J connectivity index is 2.03. The number of H-pyrrole nitrogens is 1. The number of aromatic nitrogens is 4. The van der Waals surface area contributed by atoms with Crippen molar-refractivity contribution in [2.75, 3.05) is 6.26 Å². The summed E-state index contributed by atoms with van der Waals surface area (Å²) >= 11 is 0. The Morgan fingerprint density at radius 1 is 1.06 bits per heavy atom. The zero-order valence-corrected chi connectivity index (χ0v) is 18.2. The molecule has 0 aliphatic rings. The molecule has 8 nitrogen and oxygen atoms in total. The van der Waals surface area contributed by atoms with Crippen LogP contribution in [0.3, 0.4) is 0 Å². The van der Waals surface area contributed by atoms with Crippen LogP contribution in [0.1, 0.15) is 25.3 Å². The standard InChI is InChI=1S/C22H22N4O4S/c1-14(2)16-12-19-18(21(27)25(22(28)24-19)13-31(3,29)30)11-17(16)20-9-10-23-26(20)15-7-5-4-6-8-15/h4-12,14H,13H2,1-3H3,(H,24,28). The van der Waals surface area contributed by atoms with Crippen LogP contribution in [-0.2, 0) is 15.7 Å². The summed E-state index contributed by atoms with van der Waals surface area (Å²) in [6.07, 6.45) is 2.67. The number of aromatic amines is 1. The molecule has 9 heteroatoms. The van der Waals surface area contributed by atoms with E-state index >= 15 is 0 Å². The average molecular weight is 439 g/mol. The maximum Gasteiger partial charge on any atom is 0.329 e. The van der Waals surface area contributed by atoms with Crippen LogP contribution in [0.4, 0.5) is 0 Å². The second-order valence-electron chi connectivity index (χ2n) is 7.82. The number of sulfone groups is 1. The summed E-state index contributed by atoms with van der Waals surface area (Å²) in [5.41, 5.74) is 2.36. The van der Waals surface area contributed by atoms with Gasteiger partial charge in [-0.1, -0.05) is 32.0 Å². The lowest BCUT2D eigenvalue weighted by Gasteiger charge is -2.16. The third-order valence-corrected chi connectivity index (χ3v) is 5.78. The number of nitrogens with one attached hydrogen (secondary N) is 1. The highest BCUT2D eigenvalue weighted by Gasteiger charge is 2.19. The highest BCUT2D eigenvalue weighted by Crippen LogP contribution is 2.32. The Morgan fingerprint density at radius 2 is 1.77 bits per heavy atom. The van der Waals surface area contributed by atoms with Gasteiger partial charge in [0.15, 0.2) is 9.84 Å². The van der Waals surface area contributed by atoms with Crippen LogP contribution in [0, 0.1) is 0 Å². The lowest BCUT2D eigenvalue weighted by Crippen LogP contribution is -2.37. The molecule has 0 aliphatic carbocycles.